The molecule has 0 heterocycles. The Bertz CT molecular complexity index is 289. The summed E-state index contributed by atoms with van der Waals surface area (Å²) in [6, 6.07) is 5.32. The molecule has 72 valence electrons. The van der Waals surface area contributed by atoms with Crippen molar-refractivity contribution in [1.82, 2.24) is 0 Å². The number of rotatable bonds is 3. The number of anilines is 1. The molecule has 1 aromatic carbocycles. The van der Waals surface area contributed by atoms with Crippen LogP contribution in [0.2, 0.25) is 5.02 Å². The van der Waals surface area contributed by atoms with Gasteiger partial charge in [0.2, 0.25) is 0 Å². The highest BCUT2D eigenvalue weighted by molar-refractivity contribution is 6.32. The van der Waals surface area contributed by atoms with E-state index in [9.17, 15) is 0 Å². The van der Waals surface area contributed by atoms with Crippen LogP contribution in [0.1, 0.15) is 13.8 Å². The summed E-state index contributed by atoms with van der Waals surface area (Å²) in [5.74, 6) is 5.90. The highest BCUT2D eigenvalue weighted by Gasteiger charge is 2.03. The summed E-state index contributed by atoms with van der Waals surface area (Å²) in [4.78, 5) is 0. The Morgan fingerprint density at radius 1 is 1.46 bits per heavy atom. The second kappa shape index (κ2) is 4.35. The largest absolute Gasteiger partial charge is 0.489 e. The summed E-state index contributed by atoms with van der Waals surface area (Å²) < 4.78 is 5.44. The topological polar surface area (TPSA) is 47.3 Å². The Labute approximate surface area is 82.8 Å². The van der Waals surface area contributed by atoms with Crippen LogP contribution in [0.5, 0.6) is 5.75 Å². The fraction of sp³-hybridized carbons (Fsp3) is 0.333. The molecule has 0 spiro atoms. The van der Waals surface area contributed by atoms with Gasteiger partial charge in [0.1, 0.15) is 5.75 Å². The molecule has 13 heavy (non-hydrogen) atoms. The molecule has 0 aliphatic heterocycles. The van der Waals surface area contributed by atoms with Gasteiger partial charge in [-0.1, -0.05) is 11.6 Å². The van der Waals surface area contributed by atoms with Crippen LogP contribution in [0.4, 0.5) is 5.69 Å². The highest BCUT2D eigenvalue weighted by Crippen LogP contribution is 2.27. The first-order valence-corrected chi connectivity index (χ1v) is 4.44. The molecule has 3 N–H and O–H groups in total. The van der Waals surface area contributed by atoms with E-state index in [1.807, 2.05) is 19.9 Å². The number of hydrogen-bond donors (Lipinski definition) is 2. The zero-order valence-electron chi connectivity index (χ0n) is 7.67. The first-order chi connectivity index (χ1) is 6.13. The normalized spacial score (nSPS) is 10.2. The first-order valence-electron chi connectivity index (χ1n) is 4.06. The standard InChI is InChI=1S/C9H13ClN2O/c1-6(2)13-9-4-3-7(12-11)5-8(9)10/h3-6,12H,11H2,1-2H3. The van der Waals surface area contributed by atoms with E-state index in [4.69, 9.17) is 22.2 Å². The number of benzene rings is 1. The van der Waals surface area contributed by atoms with E-state index < -0.39 is 0 Å². The second-order valence-electron chi connectivity index (χ2n) is 2.96. The predicted molar refractivity (Wildman–Crippen MR) is 55.0 cm³/mol. The molecule has 0 aliphatic carbocycles. The molecule has 0 aliphatic rings. The maximum Gasteiger partial charge on any atom is 0.138 e. The monoisotopic (exact) mass is 200 g/mol. The van der Waals surface area contributed by atoms with Gasteiger partial charge in [-0.05, 0) is 32.0 Å². The van der Waals surface area contributed by atoms with Crippen molar-refractivity contribution in [2.24, 2.45) is 5.84 Å². The van der Waals surface area contributed by atoms with Crippen LogP contribution in [-0.4, -0.2) is 6.10 Å². The summed E-state index contributed by atoms with van der Waals surface area (Å²) in [5, 5.41) is 0.559. The van der Waals surface area contributed by atoms with Gasteiger partial charge in [0.05, 0.1) is 16.8 Å². The van der Waals surface area contributed by atoms with Crippen molar-refractivity contribution in [3.05, 3.63) is 23.2 Å². The number of nitrogens with one attached hydrogen (secondary N) is 1. The second-order valence-corrected chi connectivity index (χ2v) is 3.36. The molecular weight excluding hydrogens is 188 g/mol. The quantitative estimate of drug-likeness (QED) is 0.582. The number of hydrazine groups is 1. The average molecular weight is 201 g/mol. The smallest absolute Gasteiger partial charge is 0.138 e. The van der Waals surface area contributed by atoms with Gasteiger partial charge in [0, 0.05) is 0 Å². The SMILES string of the molecule is CC(C)Oc1ccc(NN)cc1Cl. The van der Waals surface area contributed by atoms with Crippen LogP contribution in [0.25, 0.3) is 0 Å². The van der Waals surface area contributed by atoms with Gasteiger partial charge in [0.25, 0.3) is 0 Å². The van der Waals surface area contributed by atoms with Crippen LogP contribution in [0.15, 0.2) is 18.2 Å². The van der Waals surface area contributed by atoms with Gasteiger partial charge in [-0.15, -0.1) is 0 Å². The van der Waals surface area contributed by atoms with Crippen LogP contribution in [0, 0.1) is 0 Å². The van der Waals surface area contributed by atoms with Crippen molar-refractivity contribution in [2.45, 2.75) is 20.0 Å². The van der Waals surface area contributed by atoms with Crippen molar-refractivity contribution in [1.29, 1.82) is 0 Å². The number of ether oxygens (including phenoxy) is 1. The molecule has 0 saturated heterocycles. The molecule has 1 rings (SSSR count). The Hall–Kier alpha value is -0.930. The van der Waals surface area contributed by atoms with Crippen molar-refractivity contribution in [2.75, 3.05) is 5.43 Å². The molecule has 0 amide bonds. The fourth-order valence-corrected chi connectivity index (χ4v) is 1.17. The molecule has 0 atom stereocenters. The van der Waals surface area contributed by atoms with E-state index >= 15 is 0 Å². The molecule has 4 heteroatoms. The van der Waals surface area contributed by atoms with Crippen molar-refractivity contribution < 1.29 is 4.74 Å². The Kier molecular flexibility index (Phi) is 3.39. The minimum atomic E-state index is 0.120. The Morgan fingerprint density at radius 2 is 2.15 bits per heavy atom. The first kappa shape index (κ1) is 10.2. The summed E-state index contributed by atoms with van der Waals surface area (Å²) >= 11 is 5.93. The van der Waals surface area contributed by atoms with Crippen molar-refractivity contribution >= 4 is 17.3 Å². The molecule has 3 nitrogen and oxygen atoms in total. The van der Waals surface area contributed by atoms with E-state index in [2.05, 4.69) is 5.43 Å². The van der Waals surface area contributed by atoms with Gasteiger partial charge < -0.3 is 10.2 Å². The molecule has 0 aromatic heterocycles. The lowest BCUT2D eigenvalue weighted by Gasteiger charge is -2.11. The van der Waals surface area contributed by atoms with Gasteiger partial charge in [-0.2, -0.15) is 0 Å². The molecule has 1 aromatic rings. The zero-order valence-corrected chi connectivity index (χ0v) is 8.43. The molecular formula is C9H13ClN2O. The van der Waals surface area contributed by atoms with E-state index in [-0.39, 0.29) is 6.10 Å². The Balaban J connectivity index is 2.85. The fourth-order valence-electron chi connectivity index (χ4n) is 0.940. The third kappa shape index (κ3) is 2.79. The molecule has 0 unspecified atom stereocenters. The number of nitrogens with two attached hydrogens (primary N) is 1. The van der Waals surface area contributed by atoms with Crippen LogP contribution >= 0.6 is 11.6 Å². The number of halogens is 1. The molecule has 0 radical (unpaired) electrons. The van der Waals surface area contributed by atoms with E-state index in [1.54, 1.807) is 12.1 Å². The summed E-state index contributed by atoms with van der Waals surface area (Å²) in [6.45, 7) is 3.90. The van der Waals surface area contributed by atoms with Crippen molar-refractivity contribution in [3.63, 3.8) is 0 Å². The number of nitrogen functional groups attached to an aromatic ring is 1. The van der Waals surface area contributed by atoms with E-state index in [0.29, 0.717) is 10.8 Å². The van der Waals surface area contributed by atoms with Gasteiger partial charge in [-0.25, -0.2) is 0 Å². The lowest BCUT2D eigenvalue weighted by molar-refractivity contribution is 0.242. The minimum absolute atomic E-state index is 0.120. The Morgan fingerprint density at radius 3 is 2.62 bits per heavy atom. The summed E-state index contributed by atoms with van der Waals surface area (Å²) in [7, 11) is 0. The van der Waals surface area contributed by atoms with Crippen LogP contribution in [0.3, 0.4) is 0 Å². The molecule has 0 saturated carbocycles. The minimum Gasteiger partial charge on any atom is -0.489 e. The summed E-state index contributed by atoms with van der Waals surface area (Å²) in [5.41, 5.74) is 3.27. The molecule has 0 bridgehead atoms. The predicted octanol–water partition coefficient (Wildman–Crippen LogP) is 2.41. The third-order valence-electron chi connectivity index (χ3n) is 1.46. The summed E-state index contributed by atoms with van der Waals surface area (Å²) in [6.07, 6.45) is 0.120. The third-order valence-corrected chi connectivity index (χ3v) is 1.76. The van der Waals surface area contributed by atoms with Crippen LogP contribution in [-0.2, 0) is 0 Å². The lowest BCUT2D eigenvalue weighted by Crippen LogP contribution is -2.08. The van der Waals surface area contributed by atoms with Gasteiger partial charge >= 0.3 is 0 Å². The maximum atomic E-state index is 5.93. The lowest BCUT2D eigenvalue weighted by atomic mass is 10.3. The van der Waals surface area contributed by atoms with Crippen molar-refractivity contribution in [3.8, 4) is 5.75 Å². The van der Waals surface area contributed by atoms with Gasteiger partial charge in [0.15, 0.2) is 0 Å². The zero-order chi connectivity index (χ0) is 9.84. The maximum absolute atomic E-state index is 5.93. The van der Waals surface area contributed by atoms with E-state index in [0.717, 1.165) is 5.69 Å². The number of hydrogen-bond acceptors (Lipinski definition) is 3. The van der Waals surface area contributed by atoms with Gasteiger partial charge in [-0.3, -0.25) is 5.84 Å². The highest BCUT2D eigenvalue weighted by atomic mass is 35.5. The molecule has 0 fully saturated rings. The van der Waals surface area contributed by atoms with Crippen LogP contribution < -0.4 is 16.0 Å². The van der Waals surface area contributed by atoms with E-state index in [1.165, 1.54) is 0 Å². The average Bonchev–Trinajstić information content (AvgIpc) is 2.08.